The van der Waals surface area contributed by atoms with Gasteiger partial charge in [0.05, 0.1) is 18.4 Å². The summed E-state index contributed by atoms with van der Waals surface area (Å²) >= 11 is 6.14. The first-order chi connectivity index (χ1) is 16.2. The van der Waals surface area contributed by atoms with Crippen LogP contribution in [0.15, 0.2) is 58.5 Å². The summed E-state index contributed by atoms with van der Waals surface area (Å²) in [4.78, 5) is 50.6. The van der Waals surface area contributed by atoms with E-state index in [2.05, 4.69) is 5.32 Å². The number of hydrogen-bond donors (Lipinski definition) is 1. The normalized spacial score (nSPS) is 15.0. The number of hydrogen-bond acceptors (Lipinski definition) is 6. The number of urea groups is 1. The Morgan fingerprint density at radius 2 is 1.76 bits per heavy atom. The van der Waals surface area contributed by atoms with Crippen molar-refractivity contribution in [1.29, 1.82) is 0 Å². The van der Waals surface area contributed by atoms with Crippen LogP contribution < -0.4 is 10.2 Å². The highest BCUT2D eigenvalue weighted by Gasteiger charge is 2.37. The minimum atomic E-state index is -0.873. The topological polar surface area (TPSA) is 106 Å². The summed E-state index contributed by atoms with van der Waals surface area (Å²) in [6.07, 6.45) is 1.26. The predicted octanol–water partition coefficient (Wildman–Crippen LogP) is 4.67. The number of halogens is 1. The summed E-state index contributed by atoms with van der Waals surface area (Å²) in [5.74, 6) is -1.49. The first kappa shape index (κ1) is 23.0. The maximum Gasteiger partial charge on any atom is 0.337 e. The van der Waals surface area contributed by atoms with E-state index in [9.17, 15) is 19.2 Å². The Morgan fingerprint density at radius 3 is 2.47 bits per heavy atom. The molecule has 0 saturated carbocycles. The number of carbonyl (C=O) groups is 4. The zero-order valence-electron chi connectivity index (χ0n) is 18.5. The Morgan fingerprint density at radius 1 is 1.03 bits per heavy atom. The van der Waals surface area contributed by atoms with Gasteiger partial charge < -0.3 is 9.15 Å². The lowest BCUT2D eigenvalue weighted by Crippen LogP contribution is -2.54. The third kappa shape index (κ3) is 4.23. The molecule has 2 heterocycles. The highest BCUT2D eigenvalue weighted by molar-refractivity contribution is 6.39. The Balaban J connectivity index is 1.69. The standard InChI is InChI=1S/C25H19ClN2O6/c1-13-4-6-15(24(31)33-3)10-18(13)21-9-8-17(34-21)12-19-22(29)27-25(32)28(23(19)30)16-7-5-14(2)20(26)11-16/h4-12H,1-3H3,(H,27,29,32)/b19-12-. The minimum Gasteiger partial charge on any atom is -0.465 e. The van der Waals surface area contributed by atoms with Crippen LogP contribution >= 0.6 is 11.6 Å². The number of rotatable bonds is 4. The number of nitrogens with one attached hydrogen (secondary N) is 1. The molecule has 1 aliphatic rings. The van der Waals surface area contributed by atoms with Gasteiger partial charge in [0.2, 0.25) is 0 Å². The van der Waals surface area contributed by atoms with Crippen molar-refractivity contribution in [2.75, 3.05) is 12.0 Å². The van der Waals surface area contributed by atoms with E-state index in [1.54, 1.807) is 49.4 Å². The molecule has 8 nitrogen and oxygen atoms in total. The third-order valence-corrected chi connectivity index (χ3v) is 5.76. The maximum absolute atomic E-state index is 13.1. The molecule has 1 aliphatic heterocycles. The number of carbonyl (C=O) groups excluding carboxylic acids is 4. The van der Waals surface area contributed by atoms with Gasteiger partial charge in [-0.2, -0.15) is 0 Å². The van der Waals surface area contributed by atoms with Crippen molar-refractivity contribution in [2.24, 2.45) is 0 Å². The van der Waals surface area contributed by atoms with Crippen LogP contribution in [0.3, 0.4) is 0 Å². The maximum atomic E-state index is 13.1. The lowest BCUT2D eigenvalue weighted by atomic mass is 10.0. The van der Waals surface area contributed by atoms with E-state index in [0.29, 0.717) is 21.9 Å². The highest BCUT2D eigenvalue weighted by Crippen LogP contribution is 2.30. The first-order valence-corrected chi connectivity index (χ1v) is 10.5. The summed E-state index contributed by atoms with van der Waals surface area (Å²) in [6, 6.07) is 12.1. The van der Waals surface area contributed by atoms with Crippen molar-refractivity contribution in [3.63, 3.8) is 0 Å². The number of ether oxygens (including phenoxy) is 1. The monoisotopic (exact) mass is 478 g/mol. The molecule has 4 rings (SSSR count). The van der Waals surface area contributed by atoms with Crippen LogP contribution in [0.25, 0.3) is 17.4 Å². The fourth-order valence-corrected chi connectivity index (χ4v) is 3.64. The van der Waals surface area contributed by atoms with Crippen molar-refractivity contribution < 1.29 is 28.3 Å². The lowest BCUT2D eigenvalue weighted by Gasteiger charge is -2.26. The Kier molecular flexibility index (Phi) is 6.08. The highest BCUT2D eigenvalue weighted by atomic mass is 35.5. The van der Waals surface area contributed by atoms with Crippen molar-refractivity contribution in [1.82, 2.24) is 5.32 Å². The molecule has 2 aromatic carbocycles. The van der Waals surface area contributed by atoms with Gasteiger partial charge in [0, 0.05) is 10.6 Å². The third-order valence-electron chi connectivity index (χ3n) is 5.35. The molecule has 0 radical (unpaired) electrons. The molecule has 1 N–H and O–H groups in total. The van der Waals surface area contributed by atoms with Gasteiger partial charge in [-0.1, -0.05) is 23.7 Å². The number of imide groups is 2. The van der Waals surface area contributed by atoms with Crippen LogP contribution in [0.5, 0.6) is 0 Å². The van der Waals surface area contributed by atoms with Gasteiger partial charge >= 0.3 is 12.0 Å². The van der Waals surface area contributed by atoms with Gasteiger partial charge in [-0.15, -0.1) is 0 Å². The lowest BCUT2D eigenvalue weighted by molar-refractivity contribution is -0.122. The van der Waals surface area contributed by atoms with Crippen molar-refractivity contribution in [2.45, 2.75) is 13.8 Å². The largest absolute Gasteiger partial charge is 0.465 e. The van der Waals surface area contributed by atoms with Crippen LogP contribution in [0, 0.1) is 13.8 Å². The minimum absolute atomic E-state index is 0.215. The fraction of sp³-hybridized carbons (Fsp3) is 0.120. The molecule has 9 heteroatoms. The fourth-order valence-electron chi connectivity index (χ4n) is 3.46. The molecular formula is C25H19ClN2O6. The number of nitrogens with zero attached hydrogens (tertiary/aromatic N) is 1. The van der Waals surface area contributed by atoms with E-state index in [0.717, 1.165) is 16.0 Å². The van der Waals surface area contributed by atoms with E-state index in [-0.39, 0.29) is 17.0 Å². The number of aryl methyl sites for hydroxylation is 2. The van der Waals surface area contributed by atoms with Crippen LogP contribution in [-0.4, -0.2) is 30.9 Å². The first-order valence-electron chi connectivity index (χ1n) is 10.2. The van der Waals surface area contributed by atoms with E-state index in [1.807, 2.05) is 6.92 Å². The molecule has 3 aromatic rings. The van der Waals surface area contributed by atoms with Crippen LogP contribution in [0.4, 0.5) is 10.5 Å². The van der Waals surface area contributed by atoms with Gasteiger partial charge in [-0.3, -0.25) is 14.9 Å². The molecule has 4 amide bonds. The zero-order valence-corrected chi connectivity index (χ0v) is 19.2. The summed E-state index contributed by atoms with van der Waals surface area (Å²) in [5.41, 5.74) is 2.58. The second kappa shape index (κ2) is 8.99. The molecule has 172 valence electrons. The van der Waals surface area contributed by atoms with Crippen molar-refractivity contribution >= 4 is 47.2 Å². The average Bonchev–Trinajstić information content (AvgIpc) is 3.27. The Hall–Kier alpha value is -4.17. The molecular weight excluding hydrogens is 460 g/mol. The number of benzene rings is 2. The number of furan rings is 1. The molecule has 34 heavy (non-hydrogen) atoms. The Bertz CT molecular complexity index is 1390. The molecule has 0 unspecified atom stereocenters. The second-order valence-electron chi connectivity index (χ2n) is 7.61. The summed E-state index contributed by atoms with van der Waals surface area (Å²) in [5, 5.41) is 2.54. The van der Waals surface area contributed by atoms with Gasteiger partial charge in [0.25, 0.3) is 11.8 Å². The molecule has 0 atom stereocenters. The van der Waals surface area contributed by atoms with Gasteiger partial charge in [0.15, 0.2) is 0 Å². The average molecular weight is 479 g/mol. The Labute approximate surface area is 199 Å². The van der Waals surface area contributed by atoms with E-state index < -0.39 is 23.8 Å². The molecule has 0 spiro atoms. The zero-order chi connectivity index (χ0) is 24.6. The molecule has 0 bridgehead atoms. The SMILES string of the molecule is COC(=O)c1ccc(C)c(-c2ccc(/C=C3/C(=O)NC(=O)N(c4ccc(C)c(Cl)c4)C3=O)o2)c1. The van der Waals surface area contributed by atoms with Crippen molar-refractivity contribution in [3.05, 3.63) is 81.6 Å². The molecule has 1 saturated heterocycles. The van der Waals surface area contributed by atoms with Crippen LogP contribution in [0.2, 0.25) is 5.02 Å². The van der Waals surface area contributed by atoms with Gasteiger partial charge in [0.1, 0.15) is 17.1 Å². The van der Waals surface area contributed by atoms with Crippen LogP contribution in [-0.2, 0) is 14.3 Å². The molecule has 1 fully saturated rings. The smallest absolute Gasteiger partial charge is 0.337 e. The van der Waals surface area contributed by atoms with E-state index in [1.165, 1.54) is 19.3 Å². The number of amides is 4. The summed E-state index contributed by atoms with van der Waals surface area (Å²) < 4.78 is 10.6. The summed E-state index contributed by atoms with van der Waals surface area (Å²) in [7, 11) is 1.30. The number of esters is 1. The number of barbiturate groups is 1. The second-order valence-corrected chi connectivity index (χ2v) is 8.02. The summed E-state index contributed by atoms with van der Waals surface area (Å²) in [6.45, 7) is 3.64. The molecule has 0 aliphatic carbocycles. The van der Waals surface area contributed by atoms with E-state index in [4.69, 9.17) is 20.8 Å². The number of methoxy groups -OCH3 is 1. The van der Waals surface area contributed by atoms with Gasteiger partial charge in [-0.05, 0) is 67.4 Å². The van der Waals surface area contributed by atoms with Crippen molar-refractivity contribution in [3.8, 4) is 11.3 Å². The van der Waals surface area contributed by atoms with Gasteiger partial charge in [-0.25, -0.2) is 14.5 Å². The van der Waals surface area contributed by atoms with E-state index >= 15 is 0 Å². The predicted molar refractivity (Wildman–Crippen MR) is 125 cm³/mol. The number of anilines is 1. The molecule has 1 aromatic heterocycles. The quantitative estimate of drug-likeness (QED) is 0.332. The van der Waals surface area contributed by atoms with Crippen LogP contribution in [0.1, 0.15) is 27.2 Å².